The van der Waals surface area contributed by atoms with E-state index in [-0.39, 0.29) is 30.8 Å². The minimum absolute atomic E-state index is 0.0876. The molecule has 148 valence electrons. The summed E-state index contributed by atoms with van der Waals surface area (Å²) in [6.45, 7) is 6.44. The van der Waals surface area contributed by atoms with Gasteiger partial charge in [0.15, 0.2) is 5.78 Å². The van der Waals surface area contributed by atoms with E-state index < -0.39 is 5.97 Å². The van der Waals surface area contributed by atoms with Gasteiger partial charge in [0.25, 0.3) is 0 Å². The van der Waals surface area contributed by atoms with E-state index in [9.17, 15) is 14.4 Å². The molecular weight excluding hydrogens is 344 g/mol. The normalized spacial score (nSPS) is 16.7. The van der Waals surface area contributed by atoms with Gasteiger partial charge in [-0.1, -0.05) is 6.42 Å². The lowest BCUT2D eigenvalue weighted by atomic mass is 9.84. The molecule has 0 atom stereocenters. The maximum Gasteiger partial charge on any atom is 0.355 e. The third kappa shape index (κ3) is 3.94. The molecular formula is C21H30N2O4. The van der Waals surface area contributed by atoms with Gasteiger partial charge >= 0.3 is 5.97 Å². The summed E-state index contributed by atoms with van der Waals surface area (Å²) in [5.41, 5.74) is 2.34. The largest absolute Gasteiger partial charge is 0.461 e. The molecule has 2 aliphatic carbocycles. The van der Waals surface area contributed by atoms with Crippen molar-refractivity contribution in [3.8, 4) is 0 Å². The Labute approximate surface area is 160 Å². The van der Waals surface area contributed by atoms with Gasteiger partial charge in [-0.2, -0.15) is 0 Å². The summed E-state index contributed by atoms with van der Waals surface area (Å²) >= 11 is 0. The molecule has 1 heterocycles. The Morgan fingerprint density at radius 1 is 1.15 bits per heavy atom. The zero-order chi connectivity index (χ0) is 19.7. The second kappa shape index (κ2) is 7.87. The number of ether oxygens (including phenoxy) is 1. The molecule has 27 heavy (non-hydrogen) atoms. The molecule has 0 unspecified atom stereocenters. The van der Waals surface area contributed by atoms with Crippen LogP contribution >= 0.6 is 0 Å². The zero-order valence-corrected chi connectivity index (χ0v) is 16.8. The summed E-state index contributed by atoms with van der Waals surface area (Å²) < 4.78 is 6.86. The summed E-state index contributed by atoms with van der Waals surface area (Å²) in [6, 6.07) is 0. The Kier molecular flexibility index (Phi) is 5.72. The highest BCUT2D eigenvalue weighted by Gasteiger charge is 2.35. The topological polar surface area (TPSA) is 68.6 Å². The SMILES string of the molecule is CCOC(=O)c1c(C)c(C(=O)CN(CC2CC2)C(=O)C2CCC2)c(C)n1C. The van der Waals surface area contributed by atoms with Crippen molar-refractivity contribution >= 4 is 17.7 Å². The Hall–Kier alpha value is -2.11. The molecule has 0 saturated heterocycles. The fraction of sp³-hybridized carbons (Fsp3) is 0.667. The summed E-state index contributed by atoms with van der Waals surface area (Å²) in [5.74, 6) is 0.238. The van der Waals surface area contributed by atoms with Crippen LogP contribution in [-0.4, -0.2) is 46.8 Å². The average molecular weight is 374 g/mol. The first-order chi connectivity index (χ1) is 12.8. The molecule has 0 aromatic carbocycles. The van der Waals surface area contributed by atoms with Gasteiger partial charge in [0.1, 0.15) is 5.69 Å². The van der Waals surface area contributed by atoms with E-state index in [1.165, 1.54) is 0 Å². The van der Waals surface area contributed by atoms with E-state index in [1.807, 2.05) is 6.92 Å². The van der Waals surface area contributed by atoms with Gasteiger partial charge in [0.2, 0.25) is 5.91 Å². The standard InChI is InChI=1S/C21H30N2O4/c1-5-27-21(26)19-13(2)18(14(3)22(19)4)17(24)12-23(11-15-9-10-15)20(25)16-7-6-8-16/h15-16H,5-12H2,1-4H3. The lowest BCUT2D eigenvalue weighted by molar-refractivity contribution is -0.137. The summed E-state index contributed by atoms with van der Waals surface area (Å²) in [6.07, 6.45) is 5.24. The molecule has 1 aromatic heterocycles. The van der Waals surface area contributed by atoms with E-state index in [4.69, 9.17) is 4.74 Å². The van der Waals surface area contributed by atoms with Crippen molar-refractivity contribution in [2.45, 2.75) is 52.9 Å². The molecule has 2 aliphatic rings. The Balaban J connectivity index is 1.82. The van der Waals surface area contributed by atoms with Crippen molar-refractivity contribution in [2.75, 3.05) is 19.7 Å². The molecule has 1 aromatic rings. The molecule has 0 bridgehead atoms. The smallest absolute Gasteiger partial charge is 0.355 e. The molecule has 0 aliphatic heterocycles. The monoisotopic (exact) mass is 374 g/mol. The minimum atomic E-state index is -0.417. The van der Waals surface area contributed by atoms with Gasteiger partial charge in [0.05, 0.1) is 13.2 Å². The third-order valence-corrected chi connectivity index (χ3v) is 5.95. The first kappa shape index (κ1) is 19.6. The van der Waals surface area contributed by atoms with Crippen molar-refractivity contribution in [2.24, 2.45) is 18.9 Å². The second-order valence-corrected chi connectivity index (χ2v) is 7.93. The number of nitrogens with zero attached hydrogens (tertiary/aromatic N) is 2. The van der Waals surface area contributed by atoms with Gasteiger partial charge in [-0.25, -0.2) is 4.79 Å². The van der Waals surface area contributed by atoms with Crippen molar-refractivity contribution in [3.63, 3.8) is 0 Å². The van der Waals surface area contributed by atoms with Crippen LogP contribution in [0.3, 0.4) is 0 Å². The van der Waals surface area contributed by atoms with Crippen LogP contribution in [0.5, 0.6) is 0 Å². The fourth-order valence-corrected chi connectivity index (χ4v) is 3.89. The van der Waals surface area contributed by atoms with E-state index >= 15 is 0 Å². The lowest BCUT2D eigenvalue weighted by Crippen LogP contribution is -2.43. The van der Waals surface area contributed by atoms with Crippen molar-refractivity contribution in [3.05, 3.63) is 22.5 Å². The number of esters is 1. The van der Waals surface area contributed by atoms with Crippen LogP contribution in [0.1, 0.15) is 71.1 Å². The zero-order valence-electron chi connectivity index (χ0n) is 16.8. The number of ketones is 1. The fourth-order valence-electron chi connectivity index (χ4n) is 3.89. The van der Waals surface area contributed by atoms with Gasteiger partial charge in [-0.15, -0.1) is 0 Å². The van der Waals surface area contributed by atoms with E-state index in [0.29, 0.717) is 29.3 Å². The maximum atomic E-state index is 13.1. The highest BCUT2D eigenvalue weighted by atomic mass is 16.5. The molecule has 0 N–H and O–H groups in total. The van der Waals surface area contributed by atoms with E-state index in [1.54, 1.807) is 30.4 Å². The number of hydrogen-bond donors (Lipinski definition) is 0. The lowest BCUT2D eigenvalue weighted by Gasteiger charge is -2.31. The maximum absolute atomic E-state index is 13.1. The number of carbonyl (C=O) groups excluding carboxylic acids is 3. The van der Waals surface area contributed by atoms with Crippen LogP contribution in [-0.2, 0) is 16.6 Å². The Morgan fingerprint density at radius 3 is 2.33 bits per heavy atom. The first-order valence-corrected chi connectivity index (χ1v) is 10.00. The predicted molar refractivity (Wildman–Crippen MR) is 102 cm³/mol. The van der Waals surface area contributed by atoms with E-state index in [2.05, 4.69) is 0 Å². The Bertz CT molecular complexity index is 757. The van der Waals surface area contributed by atoms with Crippen LogP contribution < -0.4 is 0 Å². The average Bonchev–Trinajstić information content (AvgIpc) is 3.33. The van der Waals surface area contributed by atoms with Crippen molar-refractivity contribution < 1.29 is 19.1 Å². The first-order valence-electron chi connectivity index (χ1n) is 10.00. The van der Waals surface area contributed by atoms with Crippen LogP contribution in [0, 0.1) is 25.7 Å². The highest BCUT2D eigenvalue weighted by Crippen LogP contribution is 2.33. The molecule has 6 nitrogen and oxygen atoms in total. The number of aromatic nitrogens is 1. The summed E-state index contributed by atoms with van der Waals surface area (Å²) in [4.78, 5) is 39.9. The third-order valence-electron chi connectivity index (χ3n) is 5.95. The minimum Gasteiger partial charge on any atom is -0.461 e. The van der Waals surface area contributed by atoms with Crippen LogP contribution in [0.4, 0.5) is 0 Å². The second-order valence-electron chi connectivity index (χ2n) is 7.93. The summed E-state index contributed by atoms with van der Waals surface area (Å²) in [7, 11) is 1.77. The number of rotatable bonds is 8. The number of amides is 1. The quantitative estimate of drug-likeness (QED) is 0.518. The number of hydrogen-bond acceptors (Lipinski definition) is 4. The van der Waals surface area contributed by atoms with Gasteiger partial charge < -0.3 is 14.2 Å². The number of Topliss-reactive ketones (excluding diaryl/α,β-unsaturated/α-hetero) is 1. The van der Waals surface area contributed by atoms with Crippen LogP contribution in [0.15, 0.2) is 0 Å². The van der Waals surface area contributed by atoms with Crippen molar-refractivity contribution in [1.82, 2.24) is 9.47 Å². The number of carbonyl (C=O) groups is 3. The molecule has 0 radical (unpaired) electrons. The molecule has 6 heteroatoms. The molecule has 1 amide bonds. The van der Waals surface area contributed by atoms with Gasteiger partial charge in [-0.05, 0) is 57.9 Å². The van der Waals surface area contributed by atoms with Gasteiger partial charge in [-0.3, -0.25) is 9.59 Å². The molecule has 3 rings (SSSR count). The van der Waals surface area contributed by atoms with E-state index in [0.717, 1.165) is 37.8 Å². The molecule has 2 saturated carbocycles. The summed E-state index contributed by atoms with van der Waals surface area (Å²) in [5, 5.41) is 0. The molecule has 0 spiro atoms. The van der Waals surface area contributed by atoms with Gasteiger partial charge in [0, 0.05) is 30.8 Å². The van der Waals surface area contributed by atoms with Crippen LogP contribution in [0.25, 0.3) is 0 Å². The Morgan fingerprint density at radius 2 is 1.81 bits per heavy atom. The van der Waals surface area contributed by atoms with Crippen LogP contribution in [0.2, 0.25) is 0 Å². The highest BCUT2D eigenvalue weighted by molar-refractivity contribution is 6.04. The predicted octanol–water partition coefficient (Wildman–Crippen LogP) is 3.04. The molecule has 2 fully saturated rings. The van der Waals surface area contributed by atoms with Crippen molar-refractivity contribution in [1.29, 1.82) is 0 Å².